The topological polar surface area (TPSA) is 29.5 Å². The molecule has 0 saturated carbocycles. The molecule has 16 heavy (non-hydrogen) atoms. The van der Waals surface area contributed by atoms with Crippen molar-refractivity contribution in [2.45, 2.75) is 25.2 Å². The number of nitrogens with zero attached hydrogens (tertiary/aromatic N) is 1. The Morgan fingerprint density at radius 1 is 1.44 bits per heavy atom. The molecule has 0 aromatic heterocycles. The average molecular weight is 219 g/mol. The molecule has 0 amide bonds. The van der Waals surface area contributed by atoms with Gasteiger partial charge in [-0.15, -0.1) is 0 Å². The second kappa shape index (κ2) is 5.23. The highest BCUT2D eigenvalue weighted by atomic mass is 16.5. The van der Waals surface area contributed by atoms with E-state index in [1.165, 1.54) is 5.56 Å². The van der Waals surface area contributed by atoms with E-state index < -0.39 is 0 Å². The van der Waals surface area contributed by atoms with Crippen molar-refractivity contribution in [1.29, 1.82) is 0 Å². The molecule has 3 heteroatoms. The van der Waals surface area contributed by atoms with Crippen molar-refractivity contribution in [2.24, 2.45) is 0 Å². The zero-order valence-electron chi connectivity index (χ0n) is 9.50. The third-order valence-electron chi connectivity index (χ3n) is 3.05. The lowest BCUT2D eigenvalue weighted by molar-refractivity contribution is -0.111. The highest BCUT2D eigenvalue weighted by molar-refractivity contribution is 5.58. The van der Waals surface area contributed by atoms with Gasteiger partial charge >= 0.3 is 0 Å². The predicted molar refractivity (Wildman–Crippen MR) is 62.1 cm³/mol. The van der Waals surface area contributed by atoms with Gasteiger partial charge in [0, 0.05) is 6.54 Å². The molecule has 2 rings (SSSR count). The number of carbonyl (C=O) groups is 1. The summed E-state index contributed by atoms with van der Waals surface area (Å²) in [7, 11) is 1.96. The quantitative estimate of drug-likeness (QED) is 0.718. The molecule has 1 aromatic rings. The van der Waals surface area contributed by atoms with Crippen LogP contribution in [0.15, 0.2) is 30.3 Å². The van der Waals surface area contributed by atoms with E-state index in [0.29, 0.717) is 6.61 Å². The van der Waals surface area contributed by atoms with E-state index >= 15 is 0 Å². The van der Waals surface area contributed by atoms with Crippen LogP contribution >= 0.6 is 0 Å². The molecule has 1 aromatic carbocycles. The highest BCUT2D eigenvalue weighted by Gasteiger charge is 2.29. The SMILES string of the molecule is CN1C[C@@H](OCc2ccccc2)C[C@H]1C=O. The van der Waals surface area contributed by atoms with Crippen LogP contribution in [0.3, 0.4) is 0 Å². The molecule has 1 aliphatic heterocycles. The summed E-state index contributed by atoms with van der Waals surface area (Å²) in [6.07, 6.45) is 2.00. The summed E-state index contributed by atoms with van der Waals surface area (Å²) in [5, 5.41) is 0. The third-order valence-corrected chi connectivity index (χ3v) is 3.05. The number of benzene rings is 1. The number of aldehydes is 1. The first-order valence-electron chi connectivity index (χ1n) is 5.60. The van der Waals surface area contributed by atoms with Crippen LogP contribution in [-0.2, 0) is 16.1 Å². The van der Waals surface area contributed by atoms with Gasteiger partial charge in [-0.1, -0.05) is 30.3 Å². The van der Waals surface area contributed by atoms with Crippen molar-refractivity contribution in [3.05, 3.63) is 35.9 Å². The summed E-state index contributed by atoms with van der Waals surface area (Å²) in [5.74, 6) is 0. The van der Waals surface area contributed by atoms with Crippen molar-refractivity contribution in [1.82, 2.24) is 4.90 Å². The number of hydrogen-bond acceptors (Lipinski definition) is 3. The number of likely N-dealkylation sites (tertiary alicyclic amines) is 1. The summed E-state index contributed by atoms with van der Waals surface area (Å²) in [4.78, 5) is 12.8. The average Bonchev–Trinajstić information content (AvgIpc) is 2.69. The van der Waals surface area contributed by atoms with Gasteiger partial charge in [0.25, 0.3) is 0 Å². The fraction of sp³-hybridized carbons (Fsp3) is 0.462. The summed E-state index contributed by atoms with van der Waals surface area (Å²) in [6, 6.07) is 10.1. The zero-order valence-corrected chi connectivity index (χ0v) is 9.50. The summed E-state index contributed by atoms with van der Waals surface area (Å²) in [5.41, 5.74) is 1.18. The fourth-order valence-electron chi connectivity index (χ4n) is 2.05. The van der Waals surface area contributed by atoms with Gasteiger partial charge in [-0.3, -0.25) is 4.90 Å². The van der Waals surface area contributed by atoms with Gasteiger partial charge < -0.3 is 9.53 Å². The predicted octanol–water partition coefficient (Wildman–Crippen LogP) is 1.47. The minimum atomic E-state index is 0.0285. The molecular weight excluding hydrogens is 202 g/mol. The van der Waals surface area contributed by atoms with Gasteiger partial charge in [0.2, 0.25) is 0 Å². The lowest BCUT2D eigenvalue weighted by Crippen LogP contribution is -2.26. The van der Waals surface area contributed by atoms with Crippen LogP contribution in [-0.4, -0.2) is 36.9 Å². The van der Waals surface area contributed by atoms with Gasteiger partial charge in [-0.2, -0.15) is 0 Å². The van der Waals surface area contributed by atoms with E-state index in [4.69, 9.17) is 4.74 Å². The van der Waals surface area contributed by atoms with Crippen LogP contribution in [0.4, 0.5) is 0 Å². The maximum Gasteiger partial charge on any atom is 0.137 e. The van der Waals surface area contributed by atoms with Crippen LogP contribution in [0, 0.1) is 0 Å². The van der Waals surface area contributed by atoms with Gasteiger partial charge in [0.1, 0.15) is 6.29 Å². The summed E-state index contributed by atoms with van der Waals surface area (Å²) >= 11 is 0. The Morgan fingerprint density at radius 3 is 2.81 bits per heavy atom. The molecule has 0 unspecified atom stereocenters. The number of likely N-dealkylation sites (N-methyl/N-ethyl adjacent to an activating group) is 1. The van der Waals surface area contributed by atoms with Crippen molar-refractivity contribution in [3.8, 4) is 0 Å². The number of carbonyl (C=O) groups excluding carboxylic acids is 1. The molecule has 86 valence electrons. The molecule has 1 aliphatic rings. The van der Waals surface area contributed by atoms with E-state index in [-0.39, 0.29) is 12.1 Å². The molecular formula is C13H17NO2. The largest absolute Gasteiger partial charge is 0.372 e. The first-order valence-corrected chi connectivity index (χ1v) is 5.60. The van der Waals surface area contributed by atoms with Crippen LogP contribution in [0.25, 0.3) is 0 Å². The van der Waals surface area contributed by atoms with Crippen molar-refractivity contribution < 1.29 is 9.53 Å². The highest BCUT2D eigenvalue weighted by Crippen LogP contribution is 2.18. The minimum Gasteiger partial charge on any atom is -0.372 e. The maximum atomic E-state index is 10.7. The van der Waals surface area contributed by atoms with E-state index in [9.17, 15) is 4.79 Å². The molecule has 3 nitrogen and oxygen atoms in total. The normalized spacial score (nSPS) is 25.8. The zero-order chi connectivity index (χ0) is 11.4. The lowest BCUT2D eigenvalue weighted by Gasteiger charge is -2.12. The van der Waals surface area contributed by atoms with Crippen LogP contribution in [0.2, 0.25) is 0 Å². The Morgan fingerprint density at radius 2 is 2.19 bits per heavy atom. The number of rotatable bonds is 4. The van der Waals surface area contributed by atoms with Crippen LogP contribution < -0.4 is 0 Å². The Labute approximate surface area is 96.0 Å². The monoisotopic (exact) mass is 219 g/mol. The Kier molecular flexibility index (Phi) is 3.70. The minimum absolute atomic E-state index is 0.0285. The summed E-state index contributed by atoms with van der Waals surface area (Å²) in [6.45, 7) is 1.47. The molecule has 0 N–H and O–H groups in total. The van der Waals surface area contributed by atoms with Crippen LogP contribution in [0.5, 0.6) is 0 Å². The number of hydrogen-bond donors (Lipinski definition) is 0. The van der Waals surface area contributed by atoms with Gasteiger partial charge in [-0.05, 0) is 19.0 Å². The fourth-order valence-corrected chi connectivity index (χ4v) is 2.05. The smallest absolute Gasteiger partial charge is 0.137 e. The first-order chi connectivity index (χ1) is 7.79. The van der Waals surface area contributed by atoms with Gasteiger partial charge in [-0.25, -0.2) is 0 Å². The lowest BCUT2D eigenvalue weighted by atomic mass is 10.2. The molecule has 0 radical (unpaired) electrons. The van der Waals surface area contributed by atoms with Crippen molar-refractivity contribution in [2.75, 3.05) is 13.6 Å². The Hall–Kier alpha value is -1.19. The summed E-state index contributed by atoms with van der Waals surface area (Å²) < 4.78 is 5.79. The molecule has 0 spiro atoms. The van der Waals surface area contributed by atoms with E-state index in [2.05, 4.69) is 12.1 Å². The molecule has 1 heterocycles. The third kappa shape index (κ3) is 2.68. The second-order valence-corrected chi connectivity index (χ2v) is 4.30. The standard InChI is InChI=1S/C13H17NO2/c1-14-8-13(7-12(14)9-15)16-10-11-5-3-2-4-6-11/h2-6,9,12-13H,7-8,10H2,1H3/t12-,13-/m0/s1. The number of ether oxygens (including phenoxy) is 1. The second-order valence-electron chi connectivity index (χ2n) is 4.30. The molecule has 0 aliphatic carbocycles. The Balaban J connectivity index is 1.82. The molecule has 1 fully saturated rings. The van der Waals surface area contributed by atoms with E-state index in [1.54, 1.807) is 0 Å². The van der Waals surface area contributed by atoms with Crippen molar-refractivity contribution >= 4 is 6.29 Å². The van der Waals surface area contributed by atoms with E-state index in [0.717, 1.165) is 19.3 Å². The molecule has 0 bridgehead atoms. The van der Waals surface area contributed by atoms with Gasteiger partial charge in [0.05, 0.1) is 18.8 Å². The maximum absolute atomic E-state index is 10.7. The Bertz CT molecular complexity index is 339. The van der Waals surface area contributed by atoms with Crippen LogP contribution in [0.1, 0.15) is 12.0 Å². The van der Waals surface area contributed by atoms with Gasteiger partial charge in [0.15, 0.2) is 0 Å². The molecule has 1 saturated heterocycles. The first kappa shape index (κ1) is 11.3. The molecule has 2 atom stereocenters. The van der Waals surface area contributed by atoms with E-state index in [1.807, 2.05) is 30.1 Å². The van der Waals surface area contributed by atoms with Crippen molar-refractivity contribution in [3.63, 3.8) is 0 Å².